The van der Waals surface area contributed by atoms with Crippen LogP contribution < -0.4 is 16.6 Å². The second kappa shape index (κ2) is 7.36. The first-order valence-corrected chi connectivity index (χ1v) is 10.8. The van der Waals surface area contributed by atoms with Crippen LogP contribution in [0.15, 0.2) is 4.79 Å². The molecule has 2 bridgehead atoms. The summed E-state index contributed by atoms with van der Waals surface area (Å²) in [5.74, 6) is 1.68. The number of nitrogens with one attached hydrogen (secondary N) is 2. The predicted molar refractivity (Wildman–Crippen MR) is 108 cm³/mol. The van der Waals surface area contributed by atoms with Crippen molar-refractivity contribution < 1.29 is 4.79 Å². The Labute approximate surface area is 163 Å². The molecule has 27 heavy (non-hydrogen) atoms. The normalized spacial score (nSPS) is 27.7. The molecule has 2 unspecified atom stereocenters. The van der Waals surface area contributed by atoms with Gasteiger partial charge in [0, 0.05) is 29.8 Å². The number of nitrogens with two attached hydrogens (primary N) is 1. The van der Waals surface area contributed by atoms with E-state index in [1.165, 1.54) is 17.8 Å². The highest BCUT2D eigenvalue weighted by molar-refractivity contribution is 7.18. The number of amides is 1. The molecule has 0 spiro atoms. The van der Waals surface area contributed by atoms with Crippen LogP contribution in [0, 0.1) is 25.7 Å². The summed E-state index contributed by atoms with van der Waals surface area (Å²) in [6.07, 6.45) is 6.41. The first-order valence-electron chi connectivity index (χ1n) is 9.96. The Morgan fingerprint density at radius 2 is 2.00 bits per heavy atom. The van der Waals surface area contributed by atoms with E-state index < -0.39 is 0 Å². The van der Waals surface area contributed by atoms with Gasteiger partial charge in [0.05, 0.1) is 5.39 Å². The molecular formula is C20H28N4O2S. The molecule has 2 heterocycles. The molecule has 4 N–H and O–H groups in total. The van der Waals surface area contributed by atoms with Crippen LogP contribution in [0.2, 0.25) is 0 Å². The SMILES string of the molecule is Cc1sc2nc(CCC(=O)NC3C4CCCC3CC(N)C4)[nH]c(=O)c2c1C. The van der Waals surface area contributed by atoms with Gasteiger partial charge in [-0.2, -0.15) is 0 Å². The smallest absolute Gasteiger partial charge is 0.259 e. The minimum Gasteiger partial charge on any atom is -0.353 e. The fourth-order valence-corrected chi connectivity index (χ4v) is 5.98. The molecule has 4 rings (SSSR count). The summed E-state index contributed by atoms with van der Waals surface area (Å²) in [4.78, 5) is 34.2. The van der Waals surface area contributed by atoms with Gasteiger partial charge in [-0.05, 0) is 56.9 Å². The van der Waals surface area contributed by atoms with Gasteiger partial charge in [-0.25, -0.2) is 4.98 Å². The van der Waals surface area contributed by atoms with Crippen LogP contribution in [0.5, 0.6) is 0 Å². The Balaban J connectivity index is 1.41. The average molecular weight is 389 g/mol. The third-order valence-corrected chi connectivity index (χ3v) is 7.48. The molecule has 2 aliphatic rings. The Hall–Kier alpha value is -1.73. The average Bonchev–Trinajstić information content (AvgIpc) is 2.88. The van der Waals surface area contributed by atoms with Crippen molar-refractivity contribution in [1.29, 1.82) is 0 Å². The fourth-order valence-electron chi connectivity index (χ4n) is 4.93. The second-order valence-electron chi connectivity index (χ2n) is 8.25. The molecule has 6 nitrogen and oxygen atoms in total. The predicted octanol–water partition coefficient (Wildman–Crippen LogP) is 2.56. The molecule has 0 aliphatic heterocycles. The van der Waals surface area contributed by atoms with Crippen LogP contribution in [0.3, 0.4) is 0 Å². The van der Waals surface area contributed by atoms with Gasteiger partial charge < -0.3 is 16.0 Å². The zero-order valence-electron chi connectivity index (χ0n) is 16.0. The quantitative estimate of drug-likeness (QED) is 0.749. The molecular weight excluding hydrogens is 360 g/mol. The third-order valence-electron chi connectivity index (χ3n) is 6.38. The molecule has 0 radical (unpaired) electrons. The number of aryl methyl sites for hydroxylation is 3. The molecule has 2 aliphatic carbocycles. The number of thiophene rings is 1. The summed E-state index contributed by atoms with van der Waals surface area (Å²) >= 11 is 1.54. The molecule has 0 saturated heterocycles. The van der Waals surface area contributed by atoms with Crippen LogP contribution in [-0.2, 0) is 11.2 Å². The van der Waals surface area contributed by atoms with E-state index in [0.29, 0.717) is 35.9 Å². The Morgan fingerprint density at radius 1 is 1.30 bits per heavy atom. The van der Waals surface area contributed by atoms with Crippen LogP contribution in [-0.4, -0.2) is 28.0 Å². The van der Waals surface area contributed by atoms with Crippen molar-refractivity contribution in [3.8, 4) is 0 Å². The lowest BCUT2D eigenvalue weighted by Gasteiger charge is -2.45. The van der Waals surface area contributed by atoms with Crippen LogP contribution >= 0.6 is 11.3 Å². The Morgan fingerprint density at radius 3 is 2.70 bits per heavy atom. The topological polar surface area (TPSA) is 101 Å². The Bertz CT molecular complexity index is 905. The molecule has 2 saturated carbocycles. The number of H-pyrrole nitrogens is 1. The monoisotopic (exact) mass is 388 g/mol. The molecule has 2 aromatic heterocycles. The van der Waals surface area contributed by atoms with Gasteiger partial charge in [0.25, 0.3) is 5.56 Å². The minimum atomic E-state index is -0.104. The second-order valence-corrected chi connectivity index (χ2v) is 9.46. The number of carbonyl (C=O) groups excluding carboxylic acids is 1. The van der Waals surface area contributed by atoms with Gasteiger partial charge in [-0.3, -0.25) is 9.59 Å². The molecule has 0 aromatic carbocycles. The molecule has 7 heteroatoms. The first-order chi connectivity index (χ1) is 12.9. The van der Waals surface area contributed by atoms with E-state index in [1.807, 2.05) is 13.8 Å². The van der Waals surface area contributed by atoms with Crippen LogP contribution in [0.1, 0.15) is 54.8 Å². The minimum absolute atomic E-state index is 0.0497. The van der Waals surface area contributed by atoms with E-state index in [2.05, 4.69) is 15.3 Å². The maximum atomic E-state index is 12.5. The van der Waals surface area contributed by atoms with Gasteiger partial charge in [-0.15, -0.1) is 11.3 Å². The van der Waals surface area contributed by atoms with Crippen molar-refractivity contribution in [3.63, 3.8) is 0 Å². The van der Waals surface area contributed by atoms with E-state index >= 15 is 0 Å². The van der Waals surface area contributed by atoms with Crippen molar-refractivity contribution in [1.82, 2.24) is 15.3 Å². The highest BCUT2D eigenvalue weighted by atomic mass is 32.1. The lowest BCUT2D eigenvalue weighted by Crippen LogP contribution is -2.53. The molecule has 2 aromatic rings. The maximum absolute atomic E-state index is 12.5. The highest BCUT2D eigenvalue weighted by Crippen LogP contribution is 2.39. The number of carbonyl (C=O) groups is 1. The Kier molecular flexibility index (Phi) is 5.07. The largest absolute Gasteiger partial charge is 0.353 e. The molecule has 1 amide bonds. The summed E-state index contributed by atoms with van der Waals surface area (Å²) in [7, 11) is 0. The van der Waals surface area contributed by atoms with Crippen molar-refractivity contribution in [2.45, 2.75) is 70.9 Å². The summed E-state index contributed by atoms with van der Waals surface area (Å²) in [6, 6.07) is 0.551. The van der Waals surface area contributed by atoms with E-state index in [0.717, 1.165) is 41.0 Å². The van der Waals surface area contributed by atoms with Gasteiger partial charge in [0.2, 0.25) is 5.91 Å². The summed E-state index contributed by atoms with van der Waals surface area (Å²) in [5, 5.41) is 3.94. The van der Waals surface area contributed by atoms with Gasteiger partial charge in [0.15, 0.2) is 0 Å². The molecule has 146 valence electrons. The first kappa shape index (κ1) is 18.6. The maximum Gasteiger partial charge on any atom is 0.259 e. The van der Waals surface area contributed by atoms with Gasteiger partial charge in [-0.1, -0.05) is 6.42 Å². The van der Waals surface area contributed by atoms with Gasteiger partial charge >= 0.3 is 0 Å². The number of hydrogen-bond donors (Lipinski definition) is 3. The van der Waals surface area contributed by atoms with E-state index in [1.54, 1.807) is 0 Å². The van der Waals surface area contributed by atoms with E-state index in [-0.39, 0.29) is 23.6 Å². The zero-order chi connectivity index (χ0) is 19.1. The van der Waals surface area contributed by atoms with Gasteiger partial charge in [0.1, 0.15) is 10.7 Å². The fraction of sp³-hybridized carbons (Fsp3) is 0.650. The number of nitrogens with zero attached hydrogens (tertiary/aromatic N) is 1. The summed E-state index contributed by atoms with van der Waals surface area (Å²) < 4.78 is 0. The van der Waals surface area contributed by atoms with Crippen LogP contribution in [0.25, 0.3) is 10.2 Å². The highest BCUT2D eigenvalue weighted by Gasteiger charge is 2.39. The van der Waals surface area contributed by atoms with Crippen molar-refractivity contribution in [2.24, 2.45) is 17.6 Å². The number of rotatable bonds is 4. The number of aromatic amines is 1. The van der Waals surface area contributed by atoms with E-state index in [9.17, 15) is 9.59 Å². The van der Waals surface area contributed by atoms with Crippen LogP contribution in [0.4, 0.5) is 0 Å². The number of hydrogen-bond acceptors (Lipinski definition) is 5. The van der Waals surface area contributed by atoms with E-state index in [4.69, 9.17) is 5.73 Å². The zero-order valence-corrected chi connectivity index (χ0v) is 16.8. The standard InChI is InChI=1S/C20H28N4O2S/c1-10-11(2)27-20-17(10)19(26)22-15(23-20)6-7-16(25)24-18-12-4-3-5-13(18)9-14(21)8-12/h12-14,18H,3-9,21H2,1-2H3,(H,24,25)(H,22,23,26). The summed E-state index contributed by atoms with van der Waals surface area (Å²) in [6.45, 7) is 3.95. The lowest BCUT2D eigenvalue weighted by atomic mass is 9.67. The molecule has 2 atom stereocenters. The third kappa shape index (κ3) is 3.67. The summed E-state index contributed by atoms with van der Waals surface area (Å²) in [5.41, 5.74) is 7.06. The number of aromatic nitrogens is 2. The van der Waals surface area contributed by atoms with Crippen molar-refractivity contribution in [2.75, 3.05) is 0 Å². The van der Waals surface area contributed by atoms with Crippen molar-refractivity contribution in [3.05, 3.63) is 26.6 Å². The molecule has 2 fully saturated rings. The van der Waals surface area contributed by atoms with Crippen molar-refractivity contribution >= 4 is 27.5 Å². The lowest BCUT2D eigenvalue weighted by molar-refractivity contribution is -0.123. The number of fused-ring (bicyclic) bond motifs is 3.